The molecule has 0 bridgehead atoms. The molecule has 1 aliphatic rings. The van der Waals surface area contributed by atoms with Crippen LogP contribution in [0, 0.1) is 0 Å². The van der Waals surface area contributed by atoms with E-state index in [4.69, 9.17) is 9.47 Å². The van der Waals surface area contributed by atoms with E-state index < -0.39 is 0 Å². The van der Waals surface area contributed by atoms with Gasteiger partial charge in [0.15, 0.2) is 0 Å². The third-order valence-electron chi connectivity index (χ3n) is 3.24. The number of hydrogen-bond donors (Lipinski definition) is 1. The Labute approximate surface area is 135 Å². The van der Waals surface area contributed by atoms with Crippen LogP contribution in [0.3, 0.4) is 0 Å². The average molecular weight is 330 g/mol. The largest absolute Gasteiger partial charge is 0.489 e. The minimum Gasteiger partial charge on any atom is -0.489 e. The van der Waals surface area contributed by atoms with Gasteiger partial charge in [0.1, 0.15) is 17.9 Å². The zero-order valence-corrected chi connectivity index (χ0v) is 13.4. The van der Waals surface area contributed by atoms with Crippen LogP contribution in [0.1, 0.15) is 23.7 Å². The first kappa shape index (κ1) is 18.3. The van der Waals surface area contributed by atoms with Gasteiger partial charge < -0.3 is 19.5 Å². The summed E-state index contributed by atoms with van der Waals surface area (Å²) >= 11 is 0. The van der Waals surface area contributed by atoms with Crippen LogP contribution >= 0.6 is 12.4 Å². The van der Waals surface area contributed by atoms with Crippen molar-refractivity contribution < 1.29 is 23.8 Å². The van der Waals surface area contributed by atoms with Gasteiger partial charge in [0.25, 0.3) is 0 Å². The van der Waals surface area contributed by atoms with Crippen LogP contribution in [0.25, 0.3) is 0 Å². The Balaban J connectivity index is 0.00000242. The lowest BCUT2D eigenvalue weighted by Crippen LogP contribution is -2.31. The molecule has 22 heavy (non-hydrogen) atoms. The molecule has 1 N–H and O–H groups in total. The maximum Gasteiger partial charge on any atom is 0.338 e. The van der Waals surface area contributed by atoms with Crippen molar-refractivity contribution >= 4 is 24.3 Å². The second kappa shape index (κ2) is 8.60. The Morgan fingerprint density at radius 1 is 1.27 bits per heavy atom. The third-order valence-corrected chi connectivity index (χ3v) is 3.24. The molecule has 2 rings (SSSR count). The predicted molar refractivity (Wildman–Crippen MR) is 82.5 cm³/mol. The summed E-state index contributed by atoms with van der Waals surface area (Å²) in [6, 6.07) is 6.44. The summed E-state index contributed by atoms with van der Waals surface area (Å²) in [7, 11) is 1.37. The summed E-state index contributed by atoms with van der Waals surface area (Å²) in [5.74, 6) is 0.0245. The highest BCUT2D eigenvalue weighted by atomic mass is 35.5. The van der Waals surface area contributed by atoms with Crippen LogP contribution in [-0.4, -0.2) is 44.3 Å². The third kappa shape index (κ3) is 4.61. The summed E-state index contributed by atoms with van der Waals surface area (Å²) < 4.78 is 15.4. The summed E-state index contributed by atoms with van der Waals surface area (Å²) in [5, 5.41) is 3.05. The molecule has 7 heteroatoms. The van der Waals surface area contributed by atoms with Gasteiger partial charge in [0.05, 0.1) is 19.3 Å². The van der Waals surface area contributed by atoms with Gasteiger partial charge in [-0.25, -0.2) is 4.79 Å². The first-order valence-electron chi connectivity index (χ1n) is 6.89. The lowest BCUT2D eigenvalue weighted by atomic mass is 10.2. The number of carbonyl (C=O) groups is 2. The number of carbonyl (C=O) groups excluding carboxylic acids is 2. The van der Waals surface area contributed by atoms with Crippen molar-refractivity contribution in [2.24, 2.45) is 0 Å². The molecule has 0 spiro atoms. The Morgan fingerprint density at radius 2 is 1.95 bits per heavy atom. The molecule has 1 fully saturated rings. The van der Waals surface area contributed by atoms with Crippen molar-refractivity contribution in [3.63, 3.8) is 0 Å². The van der Waals surface area contributed by atoms with Crippen LogP contribution in [0.5, 0.6) is 5.75 Å². The molecular weight excluding hydrogens is 310 g/mol. The lowest BCUT2D eigenvalue weighted by Gasteiger charge is -2.13. The molecule has 0 amide bonds. The van der Waals surface area contributed by atoms with Crippen LogP contribution in [0.15, 0.2) is 24.3 Å². The van der Waals surface area contributed by atoms with Gasteiger partial charge in [-0.2, -0.15) is 0 Å². The van der Waals surface area contributed by atoms with E-state index in [2.05, 4.69) is 10.1 Å². The fourth-order valence-electron chi connectivity index (χ4n) is 2.19. The van der Waals surface area contributed by atoms with Crippen LogP contribution in [-0.2, 0) is 14.3 Å². The summed E-state index contributed by atoms with van der Waals surface area (Å²) in [6.45, 7) is 2.69. The molecule has 1 aliphatic heterocycles. The van der Waals surface area contributed by atoms with E-state index in [0.29, 0.717) is 30.9 Å². The van der Waals surface area contributed by atoms with Gasteiger partial charge in [-0.1, -0.05) is 0 Å². The molecule has 0 aromatic heterocycles. The molecule has 2 atom stereocenters. The maximum atomic E-state index is 11.5. The second-order valence-electron chi connectivity index (χ2n) is 4.70. The zero-order valence-electron chi connectivity index (χ0n) is 12.5. The lowest BCUT2D eigenvalue weighted by molar-refractivity contribution is -0.142. The topological polar surface area (TPSA) is 73.9 Å². The average Bonchev–Trinajstić information content (AvgIpc) is 2.96. The highest BCUT2D eigenvalue weighted by Crippen LogP contribution is 2.19. The maximum absolute atomic E-state index is 11.5. The van der Waals surface area contributed by atoms with Gasteiger partial charge in [0.2, 0.25) is 0 Å². The van der Waals surface area contributed by atoms with E-state index in [1.807, 2.05) is 0 Å². The minimum absolute atomic E-state index is 0. The number of nitrogens with one attached hydrogen (secondary N) is 1. The van der Waals surface area contributed by atoms with E-state index in [-0.39, 0.29) is 36.5 Å². The highest BCUT2D eigenvalue weighted by molar-refractivity contribution is 5.89. The first-order chi connectivity index (χ1) is 10.1. The Kier molecular flexibility index (Phi) is 7.14. The van der Waals surface area contributed by atoms with E-state index in [1.165, 1.54) is 7.11 Å². The minimum atomic E-state index is -0.350. The van der Waals surface area contributed by atoms with Crippen LogP contribution in [0.4, 0.5) is 0 Å². The van der Waals surface area contributed by atoms with Crippen molar-refractivity contribution in [2.75, 3.05) is 20.3 Å². The number of ether oxygens (including phenoxy) is 3. The van der Waals surface area contributed by atoms with Gasteiger partial charge in [-0.05, 0) is 31.2 Å². The SMILES string of the molecule is CCOC(=O)c1ccc(O[C@@H]2CN[C@H](C(=O)OC)C2)cc1.Cl. The van der Waals surface area contributed by atoms with Gasteiger partial charge in [-0.3, -0.25) is 4.79 Å². The van der Waals surface area contributed by atoms with E-state index in [0.717, 1.165) is 0 Å². The number of methoxy groups -OCH3 is 1. The van der Waals surface area contributed by atoms with E-state index in [1.54, 1.807) is 31.2 Å². The number of benzene rings is 1. The Hall–Kier alpha value is -1.79. The standard InChI is InChI=1S/C15H19NO5.ClH/c1-3-20-14(17)10-4-6-11(7-5-10)21-12-8-13(16-9-12)15(18)19-2;/h4-7,12-13,16H,3,8-9H2,1-2H3;1H/t12-,13-;/m0./s1. The predicted octanol–water partition coefficient (Wildman–Crippen LogP) is 1.57. The molecule has 1 aromatic rings. The fourth-order valence-corrected chi connectivity index (χ4v) is 2.19. The highest BCUT2D eigenvalue weighted by Gasteiger charge is 2.31. The summed E-state index contributed by atoms with van der Waals surface area (Å²) in [4.78, 5) is 22.9. The number of hydrogen-bond acceptors (Lipinski definition) is 6. The molecule has 122 valence electrons. The van der Waals surface area contributed by atoms with Crippen LogP contribution < -0.4 is 10.1 Å². The number of halogens is 1. The van der Waals surface area contributed by atoms with E-state index in [9.17, 15) is 9.59 Å². The van der Waals surface area contributed by atoms with Crippen LogP contribution in [0.2, 0.25) is 0 Å². The molecule has 0 radical (unpaired) electrons. The number of rotatable bonds is 5. The smallest absolute Gasteiger partial charge is 0.338 e. The first-order valence-corrected chi connectivity index (χ1v) is 6.89. The van der Waals surface area contributed by atoms with Crippen molar-refractivity contribution in [1.82, 2.24) is 5.32 Å². The monoisotopic (exact) mass is 329 g/mol. The molecule has 6 nitrogen and oxygen atoms in total. The molecule has 0 aliphatic carbocycles. The van der Waals surface area contributed by atoms with Gasteiger partial charge >= 0.3 is 11.9 Å². The summed E-state index contributed by atoms with van der Waals surface area (Å²) in [6.07, 6.45) is 0.467. The van der Waals surface area contributed by atoms with Crippen molar-refractivity contribution in [1.29, 1.82) is 0 Å². The summed E-state index contributed by atoms with van der Waals surface area (Å²) in [5.41, 5.74) is 0.487. The molecule has 1 heterocycles. The molecular formula is C15H20ClNO5. The molecule has 1 aromatic carbocycles. The van der Waals surface area contributed by atoms with Crippen molar-refractivity contribution in [3.05, 3.63) is 29.8 Å². The van der Waals surface area contributed by atoms with Crippen molar-refractivity contribution in [3.8, 4) is 5.75 Å². The quantitative estimate of drug-likeness (QED) is 0.827. The normalized spacial score (nSPS) is 19.9. The van der Waals surface area contributed by atoms with Crippen molar-refractivity contribution in [2.45, 2.75) is 25.5 Å². The Bertz CT molecular complexity index is 505. The van der Waals surface area contributed by atoms with E-state index >= 15 is 0 Å². The number of esters is 2. The molecule has 0 unspecified atom stereocenters. The molecule has 0 saturated carbocycles. The van der Waals surface area contributed by atoms with Gasteiger partial charge in [0, 0.05) is 13.0 Å². The zero-order chi connectivity index (χ0) is 15.2. The van der Waals surface area contributed by atoms with Gasteiger partial charge in [-0.15, -0.1) is 12.4 Å². The fraction of sp³-hybridized carbons (Fsp3) is 0.467. The Morgan fingerprint density at radius 3 is 2.55 bits per heavy atom. The molecule has 1 saturated heterocycles. The second-order valence-corrected chi connectivity index (χ2v) is 4.70.